The van der Waals surface area contributed by atoms with E-state index in [4.69, 9.17) is 0 Å². The molecule has 0 bridgehead atoms. The summed E-state index contributed by atoms with van der Waals surface area (Å²) < 4.78 is 26.1. The molecule has 1 amide bonds. The van der Waals surface area contributed by atoms with E-state index in [9.17, 15) is 13.2 Å². The largest absolute Gasteiger partial charge is 0.343 e. The van der Waals surface area contributed by atoms with E-state index in [1.807, 2.05) is 35.2 Å². The van der Waals surface area contributed by atoms with Gasteiger partial charge in [-0.05, 0) is 30.9 Å². The first-order valence-electron chi connectivity index (χ1n) is 7.57. The summed E-state index contributed by atoms with van der Waals surface area (Å²) in [5.74, 6) is 0.0226. The smallest absolute Gasteiger partial charge is 0.233 e. The normalized spacial score (nSPS) is 16.1. The molecule has 5 nitrogen and oxygen atoms in total. The summed E-state index contributed by atoms with van der Waals surface area (Å²) in [4.78, 5) is 13.8. The van der Waals surface area contributed by atoms with Crippen LogP contribution in [-0.4, -0.2) is 38.9 Å². The number of sulfonamides is 1. The van der Waals surface area contributed by atoms with Crippen LogP contribution in [0.25, 0.3) is 6.08 Å². The van der Waals surface area contributed by atoms with Crippen LogP contribution in [0.5, 0.6) is 0 Å². The number of piperidine rings is 1. The number of hydrogen-bond acceptors (Lipinski definition) is 3. The molecule has 1 aliphatic rings. The van der Waals surface area contributed by atoms with Gasteiger partial charge in [-0.2, -0.15) is 0 Å². The van der Waals surface area contributed by atoms with E-state index in [-0.39, 0.29) is 18.9 Å². The van der Waals surface area contributed by atoms with Crippen molar-refractivity contribution in [3.05, 3.63) is 41.3 Å². The fraction of sp³-hybridized carbons (Fsp3) is 0.438. The van der Waals surface area contributed by atoms with Gasteiger partial charge in [0.2, 0.25) is 15.9 Å². The van der Waals surface area contributed by atoms with Crippen molar-refractivity contribution < 1.29 is 13.2 Å². The summed E-state index contributed by atoms with van der Waals surface area (Å²) in [5.41, 5.74) is 0.817. The molecule has 2 rings (SSSR count). The summed E-state index contributed by atoms with van der Waals surface area (Å²) >= 11 is 0. The van der Waals surface area contributed by atoms with Gasteiger partial charge in [0.05, 0.1) is 0 Å². The van der Waals surface area contributed by atoms with Crippen molar-refractivity contribution in [3.63, 3.8) is 0 Å². The Morgan fingerprint density at radius 1 is 1.14 bits per heavy atom. The average Bonchev–Trinajstić information content (AvgIpc) is 2.55. The van der Waals surface area contributed by atoms with Gasteiger partial charge in [0.25, 0.3) is 0 Å². The van der Waals surface area contributed by atoms with Crippen molar-refractivity contribution in [2.45, 2.75) is 25.7 Å². The minimum atomic E-state index is -3.51. The van der Waals surface area contributed by atoms with Crippen molar-refractivity contribution >= 4 is 22.0 Å². The molecule has 1 saturated heterocycles. The van der Waals surface area contributed by atoms with Crippen LogP contribution in [0.2, 0.25) is 0 Å². The van der Waals surface area contributed by atoms with Gasteiger partial charge in [-0.3, -0.25) is 4.79 Å². The SMILES string of the molecule is O=C(CCNS(=O)(=O)C=Cc1ccccc1)N1CCCCC1. The quantitative estimate of drug-likeness (QED) is 0.871. The summed E-state index contributed by atoms with van der Waals surface area (Å²) in [5, 5.41) is 1.13. The highest BCUT2D eigenvalue weighted by Gasteiger charge is 2.16. The highest BCUT2D eigenvalue weighted by atomic mass is 32.2. The second kappa shape index (κ2) is 8.10. The van der Waals surface area contributed by atoms with Gasteiger partial charge in [-0.1, -0.05) is 30.3 Å². The number of hydrogen-bond donors (Lipinski definition) is 1. The minimum absolute atomic E-state index is 0.0226. The molecule has 1 N–H and O–H groups in total. The minimum Gasteiger partial charge on any atom is -0.343 e. The van der Waals surface area contributed by atoms with E-state index in [2.05, 4.69) is 4.72 Å². The van der Waals surface area contributed by atoms with E-state index in [1.54, 1.807) is 0 Å². The molecule has 0 atom stereocenters. The Hall–Kier alpha value is -1.66. The van der Waals surface area contributed by atoms with E-state index in [0.717, 1.165) is 36.9 Å². The van der Waals surface area contributed by atoms with Crippen LogP contribution in [0.15, 0.2) is 35.7 Å². The Morgan fingerprint density at radius 3 is 2.50 bits per heavy atom. The topological polar surface area (TPSA) is 66.5 Å². The summed E-state index contributed by atoms with van der Waals surface area (Å²) in [6, 6.07) is 9.21. The Kier molecular flexibility index (Phi) is 6.15. The fourth-order valence-corrected chi connectivity index (χ4v) is 3.20. The van der Waals surface area contributed by atoms with E-state index >= 15 is 0 Å². The fourth-order valence-electron chi connectivity index (χ4n) is 2.38. The summed E-state index contributed by atoms with van der Waals surface area (Å²) in [6.07, 6.45) is 4.99. The van der Waals surface area contributed by atoms with Crippen LogP contribution in [0.1, 0.15) is 31.2 Å². The highest BCUT2D eigenvalue weighted by molar-refractivity contribution is 7.92. The number of carbonyl (C=O) groups is 1. The molecular formula is C16H22N2O3S. The molecule has 0 aliphatic carbocycles. The van der Waals surface area contributed by atoms with Gasteiger partial charge >= 0.3 is 0 Å². The van der Waals surface area contributed by atoms with E-state index in [1.165, 1.54) is 12.5 Å². The molecule has 0 aromatic heterocycles. The Labute approximate surface area is 132 Å². The Balaban J connectivity index is 1.77. The molecule has 0 unspecified atom stereocenters. The number of nitrogens with zero attached hydrogens (tertiary/aromatic N) is 1. The molecule has 0 spiro atoms. The van der Waals surface area contributed by atoms with Crippen LogP contribution in [0.3, 0.4) is 0 Å². The molecule has 22 heavy (non-hydrogen) atoms. The highest BCUT2D eigenvalue weighted by Crippen LogP contribution is 2.09. The lowest BCUT2D eigenvalue weighted by Crippen LogP contribution is -2.37. The van der Waals surface area contributed by atoms with Crippen molar-refractivity contribution in [3.8, 4) is 0 Å². The second-order valence-corrected chi connectivity index (χ2v) is 7.00. The molecule has 0 radical (unpaired) electrons. The van der Waals surface area contributed by atoms with Gasteiger partial charge in [-0.25, -0.2) is 13.1 Å². The predicted molar refractivity (Wildman–Crippen MR) is 87.4 cm³/mol. The first-order chi connectivity index (χ1) is 10.6. The van der Waals surface area contributed by atoms with Crippen molar-refractivity contribution in [1.82, 2.24) is 9.62 Å². The van der Waals surface area contributed by atoms with Crippen LogP contribution >= 0.6 is 0 Å². The first-order valence-corrected chi connectivity index (χ1v) is 9.12. The summed E-state index contributed by atoms with van der Waals surface area (Å²) in [6.45, 7) is 1.72. The third-order valence-electron chi connectivity index (χ3n) is 3.59. The third kappa shape index (κ3) is 5.61. The number of amides is 1. The number of carbonyl (C=O) groups excluding carboxylic acids is 1. The molecular weight excluding hydrogens is 300 g/mol. The Bertz CT molecular complexity index is 606. The third-order valence-corrected chi connectivity index (χ3v) is 4.69. The van der Waals surface area contributed by atoms with Crippen LogP contribution < -0.4 is 4.72 Å². The molecule has 1 aromatic rings. The Morgan fingerprint density at radius 2 is 1.82 bits per heavy atom. The zero-order chi connectivity index (χ0) is 15.8. The maximum absolute atomic E-state index is 11.9. The average molecular weight is 322 g/mol. The predicted octanol–water partition coefficient (Wildman–Crippen LogP) is 1.98. The molecule has 0 saturated carbocycles. The lowest BCUT2D eigenvalue weighted by molar-refractivity contribution is -0.131. The first kappa shape index (κ1) is 16.7. The van der Waals surface area contributed by atoms with Gasteiger partial charge in [0.15, 0.2) is 0 Å². The van der Waals surface area contributed by atoms with Gasteiger partial charge in [0.1, 0.15) is 0 Å². The summed E-state index contributed by atoms with van der Waals surface area (Å²) in [7, 11) is -3.51. The number of benzene rings is 1. The molecule has 1 aromatic carbocycles. The van der Waals surface area contributed by atoms with Crippen molar-refractivity contribution in [2.75, 3.05) is 19.6 Å². The lowest BCUT2D eigenvalue weighted by atomic mass is 10.1. The van der Waals surface area contributed by atoms with Crippen LogP contribution in [0.4, 0.5) is 0 Å². The number of rotatable bonds is 6. The zero-order valence-electron chi connectivity index (χ0n) is 12.6. The molecule has 1 heterocycles. The van der Waals surface area contributed by atoms with E-state index < -0.39 is 10.0 Å². The monoisotopic (exact) mass is 322 g/mol. The maximum Gasteiger partial charge on any atom is 0.233 e. The van der Waals surface area contributed by atoms with Gasteiger partial charge < -0.3 is 4.90 Å². The van der Waals surface area contributed by atoms with E-state index in [0.29, 0.717) is 0 Å². The lowest BCUT2D eigenvalue weighted by Gasteiger charge is -2.26. The second-order valence-electron chi connectivity index (χ2n) is 5.34. The molecule has 6 heteroatoms. The number of likely N-dealkylation sites (tertiary alicyclic amines) is 1. The molecule has 1 fully saturated rings. The zero-order valence-corrected chi connectivity index (χ0v) is 13.4. The number of nitrogens with one attached hydrogen (secondary N) is 1. The van der Waals surface area contributed by atoms with Gasteiger partial charge in [0, 0.05) is 31.5 Å². The maximum atomic E-state index is 11.9. The van der Waals surface area contributed by atoms with Crippen LogP contribution in [-0.2, 0) is 14.8 Å². The van der Waals surface area contributed by atoms with Crippen LogP contribution in [0, 0.1) is 0 Å². The molecule has 120 valence electrons. The van der Waals surface area contributed by atoms with Crippen molar-refractivity contribution in [2.24, 2.45) is 0 Å². The molecule has 1 aliphatic heterocycles. The van der Waals surface area contributed by atoms with Gasteiger partial charge in [-0.15, -0.1) is 0 Å². The standard InChI is InChI=1S/C16H22N2O3S/c19-16(18-12-5-2-6-13-18)9-11-17-22(20,21)14-10-15-7-3-1-4-8-15/h1,3-4,7-8,10,14,17H,2,5-6,9,11-13H2. The van der Waals surface area contributed by atoms with Crippen molar-refractivity contribution in [1.29, 1.82) is 0 Å².